The quantitative estimate of drug-likeness (QED) is 0.826. The van der Waals surface area contributed by atoms with Crippen LogP contribution in [0.2, 0.25) is 0 Å². The summed E-state index contributed by atoms with van der Waals surface area (Å²) in [6.07, 6.45) is 2.32. The van der Waals surface area contributed by atoms with Crippen LogP contribution in [0.15, 0.2) is 0 Å². The minimum atomic E-state index is -0.838. The first kappa shape index (κ1) is 16.7. The van der Waals surface area contributed by atoms with Crippen molar-refractivity contribution in [3.63, 3.8) is 0 Å². The van der Waals surface area contributed by atoms with E-state index >= 15 is 0 Å². The molecule has 0 aromatic rings. The van der Waals surface area contributed by atoms with Crippen molar-refractivity contribution in [1.29, 1.82) is 0 Å². The molecule has 1 aliphatic carbocycles. The fourth-order valence-corrected chi connectivity index (χ4v) is 3.49. The average Bonchev–Trinajstić information content (AvgIpc) is 2.37. The average molecular weight is 298 g/mol. The van der Waals surface area contributed by atoms with E-state index in [9.17, 15) is 4.79 Å². The highest BCUT2D eigenvalue weighted by Gasteiger charge is 2.63. The van der Waals surface area contributed by atoms with Gasteiger partial charge in [-0.2, -0.15) is 0 Å². The summed E-state index contributed by atoms with van der Waals surface area (Å²) in [6, 6.07) is 0.142. The molecule has 0 aromatic heterocycles. The van der Waals surface area contributed by atoms with E-state index in [0.717, 1.165) is 12.8 Å². The molecule has 1 amide bonds. The molecule has 5 heteroatoms. The molecule has 3 unspecified atom stereocenters. The summed E-state index contributed by atoms with van der Waals surface area (Å²) >= 11 is 0. The Morgan fingerprint density at radius 2 is 2.00 bits per heavy atom. The maximum absolute atomic E-state index is 12.7. The monoisotopic (exact) mass is 298 g/mol. The minimum Gasteiger partial charge on any atom is -0.378 e. The fourth-order valence-electron chi connectivity index (χ4n) is 3.49. The number of nitrogens with one attached hydrogen (secondary N) is 1. The first-order chi connectivity index (χ1) is 9.62. The number of amides is 1. The van der Waals surface area contributed by atoms with Crippen LogP contribution in [0.5, 0.6) is 0 Å². The van der Waals surface area contributed by atoms with Gasteiger partial charge in [-0.05, 0) is 33.6 Å². The maximum atomic E-state index is 12.7. The van der Waals surface area contributed by atoms with Gasteiger partial charge in [0.25, 0.3) is 0 Å². The van der Waals surface area contributed by atoms with Gasteiger partial charge in [-0.15, -0.1) is 0 Å². The van der Waals surface area contributed by atoms with Crippen molar-refractivity contribution in [2.24, 2.45) is 11.1 Å². The molecule has 1 saturated carbocycles. The Kier molecular flexibility index (Phi) is 4.40. The molecule has 3 N–H and O–H groups in total. The predicted octanol–water partition coefficient (Wildman–Crippen LogP) is 1.59. The van der Waals surface area contributed by atoms with E-state index in [4.69, 9.17) is 15.2 Å². The molecule has 0 bridgehead atoms. The van der Waals surface area contributed by atoms with Gasteiger partial charge in [0, 0.05) is 31.1 Å². The van der Waals surface area contributed by atoms with E-state index in [-0.39, 0.29) is 29.1 Å². The molecule has 1 aliphatic heterocycles. The smallest absolute Gasteiger partial charge is 0.241 e. The number of ether oxygens (including phenoxy) is 2. The largest absolute Gasteiger partial charge is 0.378 e. The maximum Gasteiger partial charge on any atom is 0.241 e. The van der Waals surface area contributed by atoms with Crippen LogP contribution in [0, 0.1) is 5.41 Å². The first-order valence-electron chi connectivity index (χ1n) is 7.98. The second-order valence-electron chi connectivity index (χ2n) is 7.61. The number of carbonyl (C=O) groups excluding carboxylic acids is 1. The van der Waals surface area contributed by atoms with Gasteiger partial charge < -0.3 is 20.5 Å². The van der Waals surface area contributed by atoms with E-state index in [0.29, 0.717) is 19.6 Å². The zero-order chi connectivity index (χ0) is 15.9. The summed E-state index contributed by atoms with van der Waals surface area (Å²) in [5.41, 5.74) is 5.05. The molecular weight excluding hydrogens is 268 g/mol. The molecule has 5 nitrogen and oxygen atoms in total. The highest BCUT2D eigenvalue weighted by molar-refractivity contribution is 5.89. The van der Waals surface area contributed by atoms with Crippen LogP contribution in [-0.4, -0.2) is 42.4 Å². The Bertz CT molecular complexity index is 408. The standard InChI is InChI=1S/C16H30N2O3/c1-6-20-12-10-16(17,15(12,4)5)13(19)18-11-7-8-21-14(2,3)9-11/h11-12H,6-10,17H2,1-5H3,(H,18,19). The van der Waals surface area contributed by atoms with Crippen molar-refractivity contribution in [2.75, 3.05) is 13.2 Å². The Morgan fingerprint density at radius 1 is 1.33 bits per heavy atom. The van der Waals surface area contributed by atoms with Gasteiger partial charge in [-0.3, -0.25) is 4.79 Å². The third kappa shape index (κ3) is 2.96. The minimum absolute atomic E-state index is 0.0499. The lowest BCUT2D eigenvalue weighted by atomic mass is 9.54. The number of nitrogens with two attached hydrogens (primary N) is 1. The van der Waals surface area contributed by atoms with E-state index in [2.05, 4.69) is 19.2 Å². The van der Waals surface area contributed by atoms with Crippen molar-refractivity contribution in [3.8, 4) is 0 Å². The van der Waals surface area contributed by atoms with E-state index in [1.165, 1.54) is 0 Å². The zero-order valence-corrected chi connectivity index (χ0v) is 14.0. The summed E-state index contributed by atoms with van der Waals surface area (Å²) < 4.78 is 11.4. The lowest BCUT2D eigenvalue weighted by Crippen LogP contribution is -2.76. The lowest BCUT2D eigenvalue weighted by molar-refractivity contribution is -0.172. The number of hydrogen-bond donors (Lipinski definition) is 2. The molecule has 0 radical (unpaired) electrons. The van der Waals surface area contributed by atoms with Crippen LogP contribution in [0.1, 0.15) is 53.9 Å². The molecule has 122 valence electrons. The van der Waals surface area contributed by atoms with Crippen LogP contribution in [0.4, 0.5) is 0 Å². The first-order valence-corrected chi connectivity index (χ1v) is 7.98. The van der Waals surface area contributed by atoms with Gasteiger partial charge in [-0.1, -0.05) is 13.8 Å². The van der Waals surface area contributed by atoms with Crippen molar-refractivity contribution >= 4 is 5.91 Å². The van der Waals surface area contributed by atoms with Crippen LogP contribution in [0.3, 0.4) is 0 Å². The molecule has 21 heavy (non-hydrogen) atoms. The zero-order valence-electron chi connectivity index (χ0n) is 14.0. The normalized spacial score (nSPS) is 37.6. The van der Waals surface area contributed by atoms with Crippen LogP contribution >= 0.6 is 0 Å². The van der Waals surface area contributed by atoms with Crippen molar-refractivity contribution in [3.05, 3.63) is 0 Å². The molecule has 2 aliphatic rings. The molecule has 3 atom stereocenters. The second-order valence-corrected chi connectivity index (χ2v) is 7.61. The topological polar surface area (TPSA) is 73.6 Å². The van der Waals surface area contributed by atoms with Gasteiger partial charge in [0.15, 0.2) is 0 Å². The molecule has 2 fully saturated rings. The summed E-state index contributed by atoms with van der Waals surface area (Å²) in [5, 5.41) is 3.14. The van der Waals surface area contributed by atoms with Crippen molar-refractivity contribution in [2.45, 2.75) is 77.2 Å². The van der Waals surface area contributed by atoms with Gasteiger partial charge in [0.1, 0.15) is 5.54 Å². The van der Waals surface area contributed by atoms with Crippen molar-refractivity contribution in [1.82, 2.24) is 5.32 Å². The fraction of sp³-hybridized carbons (Fsp3) is 0.938. The summed E-state index contributed by atoms with van der Waals surface area (Å²) in [4.78, 5) is 12.7. The number of hydrogen-bond acceptors (Lipinski definition) is 4. The summed E-state index contributed by atoms with van der Waals surface area (Å²) in [6.45, 7) is 11.5. The van der Waals surface area contributed by atoms with Crippen LogP contribution in [0.25, 0.3) is 0 Å². The Morgan fingerprint density at radius 3 is 2.52 bits per heavy atom. The van der Waals surface area contributed by atoms with Crippen molar-refractivity contribution < 1.29 is 14.3 Å². The summed E-state index contributed by atoms with van der Waals surface area (Å²) in [7, 11) is 0. The molecule has 1 heterocycles. The Hall–Kier alpha value is -0.650. The SMILES string of the molecule is CCOC1CC(N)(C(=O)NC2CCOC(C)(C)C2)C1(C)C. The van der Waals surface area contributed by atoms with E-state index < -0.39 is 5.54 Å². The molecule has 0 aromatic carbocycles. The van der Waals surface area contributed by atoms with Crippen LogP contribution in [-0.2, 0) is 14.3 Å². The van der Waals surface area contributed by atoms with E-state index in [1.807, 2.05) is 20.8 Å². The lowest BCUT2D eigenvalue weighted by Gasteiger charge is -2.58. The Balaban J connectivity index is 1.97. The van der Waals surface area contributed by atoms with E-state index in [1.54, 1.807) is 0 Å². The van der Waals surface area contributed by atoms with Gasteiger partial charge >= 0.3 is 0 Å². The summed E-state index contributed by atoms with van der Waals surface area (Å²) in [5.74, 6) is -0.0499. The highest BCUT2D eigenvalue weighted by Crippen LogP contribution is 2.50. The molecule has 1 saturated heterocycles. The second kappa shape index (κ2) is 5.52. The number of rotatable bonds is 4. The Labute approximate surface area is 127 Å². The third-order valence-corrected chi connectivity index (χ3v) is 5.27. The molecular formula is C16H30N2O3. The predicted molar refractivity (Wildman–Crippen MR) is 81.9 cm³/mol. The highest BCUT2D eigenvalue weighted by atomic mass is 16.5. The van der Waals surface area contributed by atoms with Crippen LogP contribution < -0.4 is 11.1 Å². The van der Waals surface area contributed by atoms with Gasteiger partial charge in [0.2, 0.25) is 5.91 Å². The van der Waals surface area contributed by atoms with Gasteiger partial charge in [-0.25, -0.2) is 0 Å². The number of carbonyl (C=O) groups is 1. The van der Waals surface area contributed by atoms with Gasteiger partial charge in [0.05, 0.1) is 11.7 Å². The third-order valence-electron chi connectivity index (χ3n) is 5.27. The molecule has 0 spiro atoms. The molecule has 2 rings (SSSR count).